The topological polar surface area (TPSA) is 70.2 Å². The van der Waals surface area contributed by atoms with Gasteiger partial charge >= 0.3 is 0 Å². The van der Waals surface area contributed by atoms with Crippen molar-refractivity contribution in [2.24, 2.45) is 0 Å². The molecule has 1 aliphatic rings. The van der Waals surface area contributed by atoms with Crippen LogP contribution < -0.4 is 10.6 Å². The molecule has 1 amide bonds. The Morgan fingerprint density at radius 2 is 1.86 bits per heavy atom. The van der Waals surface area contributed by atoms with Crippen LogP contribution in [0, 0.1) is 0 Å². The molecule has 6 nitrogen and oxygen atoms in total. The first kappa shape index (κ1) is 15.5. The SMILES string of the molecule is CCNc1cc(NCCC(=O)N2CCCC2)nc(CC)n1. The van der Waals surface area contributed by atoms with Crippen LogP contribution in [0.4, 0.5) is 11.6 Å². The fraction of sp³-hybridized carbons (Fsp3) is 0.667. The Kier molecular flexibility index (Phi) is 5.78. The van der Waals surface area contributed by atoms with Gasteiger partial charge in [-0.2, -0.15) is 0 Å². The molecular formula is C15H25N5O. The minimum atomic E-state index is 0.233. The maximum absolute atomic E-state index is 12.0. The van der Waals surface area contributed by atoms with E-state index in [1.807, 2.05) is 24.8 Å². The van der Waals surface area contributed by atoms with Gasteiger partial charge in [-0.25, -0.2) is 9.97 Å². The van der Waals surface area contributed by atoms with E-state index in [9.17, 15) is 4.79 Å². The van der Waals surface area contributed by atoms with Crippen LogP contribution in [0.3, 0.4) is 0 Å². The molecule has 2 rings (SSSR count). The Hall–Kier alpha value is -1.85. The highest BCUT2D eigenvalue weighted by Crippen LogP contribution is 2.13. The van der Waals surface area contributed by atoms with E-state index in [2.05, 4.69) is 20.6 Å². The molecule has 0 atom stereocenters. The zero-order valence-corrected chi connectivity index (χ0v) is 13.0. The van der Waals surface area contributed by atoms with Gasteiger partial charge in [-0.1, -0.05) is 6.92 Å². The third-order valence-electron chi connectivity index (χ3n) is 3.55. The molecule has 0 saturated carbocycles. The maximum Gasteiger partial charge on any atom is 0.224 e. The van der Waals surface area contributed by atoms with Crippen LogP contribution in [0.1, 0.15) is 38.9 Å². The summed E-state index contributed by atoms with van der Waals surface area (Å²) in [5, 5.41) is 6.43. The van der Waals surface area contributed by atoms with Gasteiger partial charge in [-0.15, -0.1) is 0 Å². The van der Waals surface area contributed by atoms with Crippen LogP contribution in [0.5, 0.6) is 0 Å². The van der Waals surface area contributed by atoms with Crippen molar-refractivity contribution < 1.29 is 4.79 Å². The van der Waals surface area contributed by atoms with Gasteiger partial charge in [0.25, 0.3) is 0 Å². The summed E-state index contributed by atoms with van der Waals surface area (Å²) in [5.74, 6) is 2.66. The molecule has 1 aliphatic heterocycles. The van der Waals surface area contributed by atoms with E-state index in [-0.39, 0.29) is 5.91 Å². The lowest BCUT2D eigenvalue weighted by atomic mass is 10.3. The number of amides is 1. The minimum absolute atomic E-state index is 0.233. The third-order valence-corrected chi connectivity index (χ3v) is 3.55. The van der Waals surface area contributed by atoms with Gasteiger partial charge in [0.1, 0.15) is 17.5 Å². The van der Waals surface area contributed by atoms with Crippen LogP contribution in [-0.4, -0.2) is 47.0 Å². The monoisotopic (exact) mass is 291 g/mol. The lowest BCUT2D eigenvalue weighted by molar-refractivity contribution is -0.129. The van der Waals surface area contributed by atoms with Crippen LogP contribution in [-0.2, 0) is 11.2 Å². The first-order valence-corrected chi connectivity index (χ1v) is 7.86. The Morgan fingerprint density at radius 3 is 2.48 bits per heavy atom. The number of anilines is 2. The van der Waals surface area contributed by atoms with E-state index in [0.717, 1.165) is 56.4 Å². The van der Waals surface area contributed by atoms with Crippen LogP contribution in [0.25, 0.3) is 0 Å². The lowest BCUT2D eigenvalue weighted by Gasteiger charge is -2.15. The number of aryl methyl sites for hydroxylation is 1. The van der Waals surface area contributed by atoms with Gasteiger partial charge in [0.15, 0.2) is 0 Å². The quantitative estimate of drug-likeness (QED) is 0.803. The molecule has 116 valence electrons. The smallest absolute Gasteiger partial charge is 0.224 e. The van der Waals surface area contributed by atoms with Crippen molar-refractivity contribution in [1.82, 2.24) is 14.9 Å². The summed E-state index contributed by atoms with van der Waals surface area (Å²) < 4.78 is 0. The van der Waals surface area contributed by atoms with Crippen LogP contribution >= 0.6 is 0 Å². The minimum Gasteiger partial charge on any atom is -0.370 e. The highest BCUT2D eigenvalue weighted by molar-refractivity contribution is 5.76. The van der Waals surface area contributed by atoms with Gasteiger partial charge in [0, 0.05) is 45.1 Å². The summed E-state index contributed by atoms with van der Waals surface area (Å²) in [5.41, 5.74) is 0. The Balaban J connectivity index is 1.86. The molecule has 21 heavy (non-hydrogen) atoms. The number of rotatable bonds is 7. The number of likely N-dealkylation sites (tertiary alicyclic amines) is 1. The fourth-order valence-corrected chi connectivity index (χ4v) is 2.44. The van der Waals surface area contributed by atoms with Crippen molar-refractivity contribution in [3.63, 3.8) is 0 Å². The highest BCUT2D eigenvalue weighted by Gasteiger charge is 2.17. The summed E-state index contributed by atoms with van der Waals surface area (Å²) in [6.07, 6.45) is 3.58. The standard InChI is InChI=1S/C15H25N5O/c1-3-12-18-13(16-4-2)11-14(19-12)17-8-7-15(21)20-9-5-6-10-20/h11H,3-10H2,1-2H3,(H2,16,17,18,19). The second-order valence-electron chi connectivity index (χ2n) is 5.20. The van der Waals surface area contributed by atoms with E-state index in [1.54, 1.807) is 0 Å². The zero-order valence-electron chi connectivity index (χ0n) is 13.0. The van der Waals surface area contributed by atoms with E-state index in [0.29, 0.717) is 13.0 Å². The Morgan fingerprint density at radius 1 is 1.19 bits per heavy atom. The van der Waals surface area contributed by atoms with Crippen molar-refractivity contribution >= 4 is 17.5 Å². The molecule has 0 spiro atoms. The number of hydrogen-bond acceptors (Lipinski definition) is 5. The van der Waals surface area contributed by atoms with E-state index < -0.39 is 0 Å². The highest BCUT2D eigenvalue weighted by atomic mass is 16.2. The molecule has 6 heteroatoms. The van der Waals surface area contributed by atoms with Crippen molar-refractivity contribution in [3.8, 4) is 0 Å². The van der Waals surface area contributed by atoms with Crippen LogP contribution in [0.15, 0.2) is 6.07 Å². The molecule has 0 radical (unpaired) electrons. The van der Waals surface area contributed by atoms with E-state index in [4.69, 9.17) is 0 Å². The number of carbonyl (C=O) groups excluding carboxylic acids is 1. The summed E-state index contributed by atoms with van der Waals surface area (Å²) in [4.78, 5) is 22.8. The lowest BCUT2D eigenvalue weighted by Crippen LogP contribution is -2.29. The number of aromatic nitrogens is 2. The summed E-state index contributed by atoms with van der Waals surface area (Å²) in [7, 11) is 0. The molecule has 0 aromatic carbocycles. The van der Waals surface area contributed by atoms with Crippen molar-refractivity contribution in [3.05, 3.63) is 11.9 Å². The van der Waals surface area contributed by atoms with Gasteiger partial charge in [0.05, 0.1) is 0 Å². The average Bonchev–Trinajstić information content (AvgIpc) is 3.01. The predicted molar refractivity (Wildman–Crippen MR) is 84.5 cm³/mol. The zero-order chi connectivity index (χ0) is 15.1. The summed E-state index contributed by atoms with van der Waals surface area (Å²) in [6, 6.07) is 1.89. The fourth-order valence-electron chi connectivity index (χ4n) is 2.44. The molecule has 0 unspecified atom stereocenters. The average molecular weight is 291 g/mol. The second-order valence-corrected chi connectivity index (χ2v) is 5.20. The maximum atomic E-state index is 12.0. The largest absolute Gasteiger partial charge is 0.370 e. The normalized spacial score (nSPS) is 14.3. The van der Waals surface area contributed by atoms with Gasteiger partial charge in [-0.3, -0.25) is 4.79 Å². The molecule has 1 saturated heterocycles. The summed E-state index contributed by atoms with van der Waals surface area (Å²) >= 11 is 0. The number of nitrogens with zero attached hydrogens (tertiary/aromatic N) is 3. The van der Waals surface area contributed by atoms with Crippen LogP contribution in [0.2, 0.25) is 0 Å². The first-order valence-electron chi connectivity index (χ1n) is 7.86. The third kappa shape index (κ3) is 4.58. The molecule has 1 aromatic rings. The van der Waals surface area contributed by atoms with E-state index in [1.165, 1.54) is 0 Å². The number of nitrogens with one attached hydrogen (secondary N) is 2. The molecule has 1 fully saturated rings. The van der Waals surface area contributed by atoms with Crippen molar-refractivity contribution in [2.45, 2.75) is 39.5 Å². The molecule has 1 aromatic heterocycles. The van der Waals surface area contributed by atoms with Crippen molar-refractivity contribution in [1.29, 1.82) is 0 Å². The van der Waals surface area contributed by atoms with Gasteiger partial charge in [0.2, 0.25) is 5.91 Å². The number of carbonyl (C=O) groups is 1. The van der Waals surface area contributed by atoms with Gasteiger partial charge < -0.3 is 15.5 Å². The molecule has 2 heterocycles. The Bertz CT molecular complexity index is 471. The Labute approximate surface area is 126 Å². The molecule has 0 aliphatic carbocycles. The molecular weight excluding hydrogens is 266 g/mol. The second kappa shape index (κ2) is 7.81. The first-order chi connectivity index (χ1) is 10.2. The predicted octanol–water partition coefficient (Wildman–Crippen LogP) is 1.90. The van der Waals surface area contributed by atoms with Crippen molar-refractivity contribution in [2.75, 3.05) is 36.8 Å². The molecule has 0 bridgehead atoms. The molecule has 2 N–H and O–H groups in total. The summed E-state index contributed by atoms with van der Waals surface area (Å²) in [6.45, 7) is 7.34. The number of hydrogen-bond donors (Lipinski definition) is 2. The van der Waals surface area contributed by atoms with E-state index >= 15 is 0 Å². The van der Waals surface area contributed by atoms with Gasteiger partial charge in [-0.05, 0) is 19.8 Å².